The Morgan fingerprint density at radius 2 is 1.76 bits per heavy atom. The summed E-state index contributed by atoms with van der Waals surface area (Å²) in [6.07, 6.45) is 0. The summed E-state index contributed by atoms with van der Waals surface area (Å²) in [5.41, 5.74) is 7.24. The van der Waals surface area contributed by atoms with Crippen LogP contribution in [0.2, 0.25) is 5.02 Å². The molecule has 2 aromatic rings. The molecule has 0 aliphatic heterocycles. The summed E-state index contributed by atoms with van der Waals surface area (Å²) in [6, 6.07) is 10.7. The zero-order chi connectivity index (χ0) is 15.4. The van der Waals surface area contributed by atoms with Crippen LogP contribution >= 0.6 is 11.6 Å². The highest BCUT2D eigenvalue weighted by Gasteiger charge is 2.18. The van der Waals surface area contributed by atoms with Gasteiger partial charge in [0.15, 0.2) is 0 Å². The molecule has 0 aliphatic rings. The van der Waals surface area contributed by atoms with Crippen molar-refractivity contribution in [2.75, 3.05) is 13.6 Å². The second-order valence-electron chi connectivity index (χ2n) is 4.96. The first-order valence-corrected chi connectivity index (χ1v) is 6.98. The second kappa shape index (κ2) is 6.98. The van der Waals surface area contributed by atoms with Crippen LogP contribution in [0, 0.1) is 11.6 Å². The van der Waals surface area contributed by atoms with Gasteiger partial charge in [-0.3, -0.25) is 4.90 Å². The number of hydrogen-bond acceptors (Lipinski definition) is 2. The number of halogens is 3. The fraction of sp³-hybridized carbons (Fsp3) is 0.250. The van der Waals surface area contributed by atoms with Crippen molar-refractivity contribution in [2.45, 2.75) is 12.6 Å². The van der Waals surface area contributed by atoms with Crippen LogP contribution in [-0.4, -0.2) is 18.5 Å². The molecule has 2 aromatic carbocycles. The van der Waals surface area contributed by atoms with E-state index in [1.807, 2.05) is 36.2 Å². The Kier molecular flexibility index (Phi) is 5.28. The van der Waals surface area contributed by atoms with Crippen LogP contribution in [0.4, 0.5) is 8.78 Å². The lowest BCUT2D eigenvalue weighted by atomic mass is 10.0. The van der Waals surface area contributed by atoms with E-state index in [0.29, 0.717) is 17.1 Å². The molecule has 0 spiro atoms. The third-order valence-electron chi connectivity index (χ3n) is 3.40. The fourth-order valence-electron chi connectivity index (χ4n) is 2.34. The van der Waals surface area contributed by atoms with Crippen LogP contribution < -0.4 is 5.73 Å². The molecule has 0 fully saturated rings. The minimum absolute atomic E-state index is 0.254. The van der Waals surface area contributed by atoms with E-state index in [2.05, 4.69) is 0 Å². The Labute approximate surface area is 128 Å². The van der Waals surface area contributed by atoms with Crippen LogP contribution in [0.1, 0.15) is 17.2 Å². The topological polar surface area (TPSA) is 29.3 Å². The highest BCUT2D eigenvalue weighted by atomic mass is 35.5. The fourth-order valence-corrected chi connectivity index (χ4v) is 2.54. The molecule has 0 aromatic heterocycles. The molecule has 112 valence electrons. The maximum atomic E-state index is 13.4. The van der Waals surface area contributed by atoms with E-state index < -0.39 is 11.6 Å². The normalized spacial score (nSPS) is 12.7. The zero-order valence-electron chi connectivity index (χ0n) is 11.7. The minimum Gasteiger partial charge on any atom is -0.329 e. The number of hydrogen-bond donors (Lipinski definition) is 1. The highest BCUT2D eigenvalue weighted by Crippen LogP contribution is 2.24. The molecule has 2 nitrogen and oxygen atoms in total. The van der Waals surface area contributed by atoms with E-state index in [1.165, 1.54) is 12.1 Å². The van der Waals surface area contributed by atoms with Gasteiger partial charge in [-0.1, -0.05) is 29.8 Å². The predicted octanol–water partition coefficient (Wildman–Crippen LogP) is 3.75. The smallest absolute Gasteiger partial charge is 0.126 e. The predicted molar refractivity (Wildman–Crippen MR) is 81.1 cm³/mol. The minimum atomic E-state index is -0.602. The molecule has 0 saturated heterocycles. The summed E-state index contributed by atoms with van der Waals surface area (Å²) >= 11 is 6.13. The van der Waals surface area contributed by atoms with Gasteiger partial charge < -0.3 is 5.73 Å². The second-order valence-corrected chi connectivity index (χ2v) is 5.37. The highest BCUT2D eigenvalue weighted by molar-refractivity contribution is 6.31. The Balaban J connectivity index is 2.22. The molecular weight excluding hydrogens is 294 g/mol. The van der Waals surface area contributed by atoms with Gasteiger partial charge in [-0.2, -0.15) is 0 Å². The lowest BCUT2D eigenvalue weighted by molar-refractivity contribution is 0.241. The molecule has 0 aliphatic carbocycles. The number of nitrogens with zero attached hydrogens (tertiary/aromatic N) is 1. The molecule has 0 saturated carbocycles. The molecule has 1 atom stereocenters. The molecule has 1 unspecified atom stereocenters. The maximum Gasteiger partial charge on any atom is 0.126 e. The first-order valence-electron chi connectivity index (χ1n) is 6.61. The number of likely N-dealkylation sites (N-methyl/N-ethyl adjacent to an activating group) is 1. The first-order chi connectivity index (χ1) is 10.0. The van der Waals surface area contributed by atoms with Gasteiger partial charge in [0.25, 0.3) is 0 Å². The van der Waals surface area contributed by atoms with Crippen LogP contribution in [-0.2, 0) is 6.54 Å². The summed E-state index contributed by atoms with van der Waals surface area (Å²) < 4.78 is 26.7. The number of rotatable bonds is 5. The van der Waals surface area contributed by atoms with Crippen LogP contribution in [0.5, 0.6) is 0 Å². The van der Waals surface area contributed by atoms with Crippen molar-refractivity contribution in [3.63, 3.8) is 0 Å². The van der Waals surface area contributed by atoms with E-state index in [-0.39, 0.29) is 12.6 Å². The third-order valence-corrected chi connectivity index (χ3v) is 3.77. The SMILES string of the molecule is CN(Cc1ccccc1Cl)C(CN)c1cc(F)cc(F)c1. The van der Waals surface area contributed by atoms with Gasteiger partial charge in [0, 0.05) is 30.2 Å². The Morgan fingerprint density at radius 1 is 1.14 bits per heavy atom. The number of nitrogens with two attached hydrogens (primary N) is 1. The summed E-state index contributed by atoms with van der Waals surface area (Å²) in [5.74, 6) is -1.20. The van der Waals surface area contributed by atoms with Crippen molar-refractivity contribution >= 4 is 11.6 Å². The molecule has 0 amide bonds. The quantitative estimate of drug-likeness (QED) is 0.911. The Morgan fingerprint density at radius 3 is 2.33 bits per heavy atom. The molecule has 21 heavy (non-hydrogen) atoms. The van der Waals surface area contributed by atoms with Crippen LogP contribution in [0.3, 0.4) is 0 Å². The van der Waals surface area contributed by atoms with Gasteiger partial charge in [-0.25, -0.2) is 8.78 Å². The van der Waals surface area contributed by atoms with Gasteiger partial charge >= 0.3 is 0 Å². The third kappa shape index (κ3) is 4.00. The molecule has 2 rings (SSSR count). The average molecular weight is 311 g/mol. The van der Waals surface area contributed by atoms with Gasteiger partial charge in [0.1, 0.15) is 11.6 Å². The Hall–Kier alpha value is -1.49. The molecule has 0 radical (unpaired) electrons. The molecule has 2 N–H and O–H groups in total. The van der Waals surface area contributed by atoms with Crippen molar-refractivity contribution < 1.29 is 8.78 Å². The van der Waals surface area contributed by atoms with Gasteiger partial charge in [0.2, 0.25) is 0 Å². The Bertz CT molecular complexity index is 599. The molecule has 5 heteroatoms. The molecule has 0 heterocycles. The average Bonchev–Trinajstić information content (AvgIpc) is 2.41. The summed E-state index contributed by atoms with van der Waals surface area (Å²) in [5, 5.41) is 0.658. The largest absolute Gasteiger partial charge is 0.329 e. The van der Waals surface area contributed by atoms with Crippen LogP contribution in [0.25, 0.3) is 0 Å². The van der Waals surface area contributed by atoms with Gasteiger partial charge in [-0.15, -0.1) is 0 Å². The van der Waals surface area contributed by atoms with E-state index in [1.54, 1.807) is 0 Å². The molecule has 0 bridgehead atoms. The monoisotopic (exact) mass is 310 g/mol. The maximum absolute atomic E-state index is 13.4. The molecular formula is C16H17ClF2N2. The lowest BCUT2D eigenvalue weighted by Gasteiger charge is -2.27. The summed E-state index contributed by atoms with van der Waals surface area (Å²) in [7, 11) is 1.85. The van der Waals surface area contributed by atoms with Crippen molar-refractivity contribution in [1.29, 1.82) is 0 Å². The van der Waals surface area contributed by atoms with E-state index in [9.17, 15) is 8.78 Å². The van der Waals surface area contributed by atoms with Crippen LogP contribution in [0.15, 0.2) is 42.5 Å². The number of benzene rings is 2. The summed E-state index contributed by atoms with van der Waals surface area (Å²) in [6.45, 7) is 0.795. The zero-order valence-corrected chi connectivity index (χ0v) is 12.4. The van der Waals surface area contributed by atoms with Gasteiger partial charge in [-0.05, 0) is 36.4 Å². The van der Waals surface area contributed by atoms with Crippen molar-refractivity contribution in [3.8, 4) is 0 Å². The lowest BCUT2D eigenvalue weighted by Crippen LogP contribution is -2.30. The van der Waals surface area contributed by atoms with Gasteiger partial charge in [0.05, 0.1) is 0 Å². The van der Waals surface area contributed by atoms with E-state index >= 15 is 0 Å². The van der Waals surface area contributed by atoms with E-state index in [0.717, 1.165) is 11.6 Å². The standard InChI is InChI=1S/C16H17ClF2N2/c1-21(10-11-4-2-3-5-15(11)17)16(9-20)12-6-13(18)8-14(19)7-12/h2-8,16H,9-10,20H2,1H3. The van der Waals surface area contributed by atoms with E-state index in [4.69, 9.17) is 17.3 Å². The van der Waals surface area contributed by atoms with Crippen molar-refractivity contribution in [1.82, 2.24) is 4.90 Å². The van der Waals surface area contributed by atoms with Crippen molar-refractivity contribution in [3.05, 3.63) is 70.2 Å². The summed E-state index contributed by atoms with van der Waals surface area (Å²) in [4.78, 5) is 1.93. The van der Waals surface area contributed by atoms with Crippen molar-refractivity contribution in [2.24, 2.45) is 5.73 Å². The first kappa shape index (κ1) is 15.9.